The molecule has 0 bridgehead atoms. The molecule has 0 unspecified atom stereocenters. The van der Waals surface area contributed by atoms with E-state index in [-0.39, 0.29) is 18.2 Å². The zero-order valence-electron chi connectivity index (χ0n) is 22.5. The molecule has 0 saturated carbocycles. The highest BCUT2D eigenvalue weighted by molar-refractivity contribution is 7.23. The van der Waals surface area contributed by atoms with E-state index in [0.29, 0.717) is 5.69 Å². The molecule has 0 saturated heterocycles. The second kappa shape index (κ2) is 10.4. The van der Waals surface area contributed by atoms with Crippen LogP contribution in [0.2, 0.25) is 0 Å². The number of rotatable bonds is 6. The highest BCUT2D eigenvalue weighted by atomic mass is 32.1. The fourth-order valence-corrected chi connectivity index (χ4v) is 6.14. The van der Waals surface area contributed by atoms with E-state index in [1.807, 2.05) is 86.8 Å². The maximum Gasteiger partial charge on any atom is 0.228 e. The summed E-state index contributed by atoms with van der Waals surface area (Å²) in [7, 11) is 0. The highest BCUT2D eigenvalue weighted by Crippen LogP contribution is 2.35. The van der Waals surface area contributed by atoms with Crippen molar-refractivity contribution < 1.29 is 9.59 Å². The lowest BCUT2D eigenvalue weighted by Gasteiger charge is -2.14. The van der Waals surface area contributed by atoms with Gasteiger partial charge in [0.2, 0.25) is 11.8 Å². The van der Waals surface area contributed by atoms with Crippen molar-refractivity contribution >= 4 is 49.7 Å². The average Bonchev–Trinajstić information content (AvgIpc) is 3.47. The van der Waals surface area contributed by atoms with Crippen LogP contribution in [0.1, 0.15) is 23.6 Å². The number of nitrogens with one attached hydrogen (secondary N) is 2. The van der Waals surface area contributed by atoms with E-state index in [1.165, 1.54) is 11.6 Å². The summed E-state index contributed by atoms with van der Waals surface area (Å²) in [6, 6.07) is 28.1. The molecule has 0 aliphatic carbocycles. The van der Waals surface area contributed by atoms with Crippen molar-refractivity contribution in [2.75, 3.05) is 10.6 Å². The number of carbonyl (C=O) groups excluding carboxylic acids is 2. The van der Waals surface area contributed by atoms with Gasteiger partial charge in [0.25, 0.3) is 0 Å². The standard InChI is InChI=1S/C33H28N4O2S/c1-20-14-21(2)16-23(15-20)17-32(39)35-28-18-25(10-13-27(28)24-8-11-26(12-9-24)34-22(3)38)29-19-37-30-6-4-5-7-31(30)40-33(37)36-29/h4-16,18-19H,17H2,1-3H3,(H,34,38)(H,35,39). The Morgan fingerprint density at radius 2 is 1.57 bits per heavy atom. The number of benzene rings is 4. The monoisotopic (exact) mass is 544 g/mol. The Hall–Kier alpha value is -4.75. The molecule has 2 heterocycles. The van der Waals surface area contributed by atoms with E-state index in [0.717, 1.165) is 55.2 Å². The molecule has 198 valence electrons. The van der Waals surface area contributed by atoms with Gasteiger partial charge in [0.1, 0.15) is 0 Å². The number of carbonyl (C=O) groups is 2. The number of imidazole rings is 1. The topological polar surface area (TPSA) is 75.5 Å². The summed E-state index contributed by atoms with van der Waals surface area (Å²) in [6.45, 7) is 5.57. The Labute approximate surface area is 236 Å². The molecule has 0 aliphatic rings. The minimum atomic E-state index is -0.121. The zero-order chi connectivity index (χ0) is 27.8. The maximum atomic E-state index is 13.3. The van der Waals surface area contributed by atoms with Gasteiger partial charge in [-0.05, 0) is 55.3 Å². The summed E-state index contributed by atoms with van der Waals surface area (Å²) in [5.74, 6) is -0.209. The summed E-state index contributed by atoms with van der Waals surface area (Å²) >= 11 is 1.65. The van der Waals surface area contributed by atoms with Crippen molar-refractivity contribution in [1.29, 1.82) is 0 Å². The van der Waals surface area contributed by atoms with E-state index < -0.39 is 0 Å². The highest BCUT2D eigenvalue weighted by Gasteiger charge is 2.15. The Morgan fingerprint density at radius 1 is 0.850 bits per heavy atom. The Bertz CT molecular complexity index is 1880. The average molecular weight is 545 g/mol. The van der Waals surface area contributed by atoms with E-state index in [1.54, 1.807) is 11.3 Å². The van der Waals surface area contributed by atoms with Crippen molar-refractivity contribution in [2.45, 2.75) is 27.2 Å². The van der Waals surface area contributed by atoms with E-state index in [4.69, 9.17) is 4.98 Å². The van der Waals surface area contributed by atoms with Gasteiger partial charge in [-0.15, -0.1) is 0 Å². The van der Waals surface area contributed by atoms with Crippen LogP contribution in [0.3, 0.4) is 0 Å². The SMILES string of the molecule is CC(=O)Nc1ccc(-c2ccc(-c3cn4c(n3)sc3ccccc34)cc2NC(=O)Cc2cc(C)cc(C)c2)cc1. The molecule has 0 atom stereocenters. The van der Waals surface area contributed by atoms with Gasteiger partial charge in [-0.3, -0.25) is 14.0 Å². The number of fused-ring (bicyclic) bond motifs is 3. The molecule has 7 heteroatoms. The van der Waals surface area contributed by atoms with Gasteiger partial charge in [0.05, 0.1) is 22.3 Å². The predicted molar refractivity (Wildman–Crippen MR) is 164 cm³/mol. The number of nitrogens with zero attached hydrogens (tertiary/aromatic N) is 2. The van der Waals surface area contributed by atoms with Crippen LogP contribution in [0.5, 0.6) is 0 Å². The summed E-state index contributed by atoms with van der Waals surface area (Å²) in [6.07, 6.45) is 2.33. The second-order valence-electron chi connectivity index (χ2n) is 10.1. The lowest BCUT2D eigenvalue weighted by Crippen LogP contribution is -2.15. The normalized spacial score (nSPS) is 11.2. The molecule has 6 rings (SSSR count). The second-order valence-corrected chi connectivity index (χ2v) is 11.1. The van der Waals surface area contributed by atoms with Crippen LogP contribution in [-0.2, 0) is 16.0 Å². The Kier molecular flexibility index (Phi) is 6.66. The lowest BCUT2D eigenvalue weighted by atomic mass is 9.99. The molecular weight excluding hydrogens is 516 g/mol. The molecular formula is C33H28N4O2S. The summed E-state index contributed by atoms with van der Waals surface area (Å²) < 4.78 is 3.30. The van der Waals surface area contributed by atoms with Gasteiger partial charge in [0.15, 0.2) is 4.96 Å². The van der Waals surface area contributed by atoms with Crippen LogP contribution in [0.4, 0.5) is 11.4 Å². The van der Waals surface area contributed by atoms with Crippen molar-refractivity contribution in [3.63, 3.8) is 0 Å². The minimum absolute atomic E-state index is 0.0879. The molecule has 2 N–H and O–H groups in total. The van der Waals surface area contributed by atoms with E-state index >= 15 is 0 Å². The number of hydrogen-bond donors (Lipinski definition) is 2. The van der Waals surface area contributed by atoms with Crippen molar-refractivity contribution in [1.82, 2.24) is 9.38 Å². The molecule has 2 amide bonds. The molecule has 0 aliphatic heterocycles. The first kappa shape index (κ1) is 25.5. The first-order chi connectivity index (χ1) is 19.3. The van der Waals surface area contributed by atoms with Crippen LogP contribution in [-0.4, -0.2) is 21.2 Å². The predicted octanol–water partition coefficient (Wildman–Crippen LogP) is 7.64. The summed E-state index contributed by atoms with van der Waals surface area (Å²) in [5.41, 5.74) is 9.38. The van der Waals surface area contributed by atoms with Crippen molar-refractivity contribution in [3.05, 3.63) is 108 Å². The van der Waals surface area contributed by atoms with Crippen LogP contribution in [0.25, 0.3) is 37.6 Å². The number of para-hydroxylation sites is 1. The van der Waals surface area contributed by atoms with Gasteiger partial charge in [-0.25, -0.2) is 4.98 Å². The van der Waals surface area contributed by atoms with Crippen LogP contribution < -0.4 is 10.6 Å². The van der Waals surface area contributed by atoms with Crippen LogP contribution >= 0.6 is 11.3 Å². The molecule has 4 aromatic carbocycles. The maximum absolute atomic E-state index is 13.3. The minimum Gasteiger partial charge on any atom is -0.326 e. The Morgan fingerprint density at radius 3 is 2.33 bits per heavy atom. The number of hydrogen-bond acceptors (Lipinski definition) is 4. The third-order valence-corrected chi connectivity index (χ3v) is 7.79. The van der Waals surface area contributed by atoms with E-state index in [2.05, 4.69) is 33.2 Å². The molecule has 0 spiro atoms. The van der Waals surface area contributed by atoms with Crippen molar-refractivity contribution in [2.24, 2.45) is 0 Å². The van der Waals surface area contributed by atoms with Crippen LogP contribution in [0.15, 0.2) is 91.1 Å². The Balaban J connectivity index is 1.37. The summed E-state index contributed by atoms with van der Waals surface area (Å²) in [4.78, 5) is 30.6. The van der Waals surface area contributed by atoms with Gasteiger partial charge >= 0.3 is 0 Å². The smallest absolute Gasteiger partial charge is 0.228 e. The number of aromatic nitrogens is 2. The molecule has 0 fully saturated rings. The molecule has 6 aromatic rings. The molecule has 2 aromatic heterocycles. The van der Waals surface area contributed by atoms with Crippen molar-refractivity contribution in [3.8, 4) is 22.4 Å². The molecule has 0 radical (unpaired) electrons. The fraction of sp³-hybridized carbons (Fsp3) is 0.121. The first-order valence-electron chi connectivity index (χ1n) is 13.1. The lowest BCUT2D eigenvalue weighted by molar-refractivity contribution is -0.116. The summed E-state index contributed by atoms with van der Waals surface area (Å²) in [5, 5.41) is 5.97. The van der Waals surface area contributed by atoms with E-state index in [9.17, 15) is 9.59 Å². The van der Waals surface area contributed by atoms with Gasteiger partial charge in [-0.1, -0.05) is 77.1 Å². The number of aryl methyl sites for hydroxylation is 2. The van der Waals surface area contributed by atoms with Gasteiger partial charge < -0.3 is 10.6 Å². The quantitative estimate of drug-likeness (QED) is 0.226. The van der Waals surface area contributed by atoms with Crippen LogP contribution in [0, 0.1) is 13.8 Å². The number of thiazole rings is 1. The van der Waals surface area contributed by atoms with Gasteiger partial charge in [0, 0.05) is 35.6 Å². The third-order valence-electron chi connectivity index (χ3n) is 6.75. The fourth-order valence-electron chi connectivity index (χ4n) is 5.13. The third kappa shape index (κ3) is 5.24. The number of amides is 2. The number of anilines is 2. The van der Waals surface area contributed by atoms with Gasteiger partial charge in [-0.2, -0.15) is 0 Å². The largest absolute Gasteiger partial charge is 0.326 e. The zero-order valence-corrected chi connectivity index (χ0v) is 23.3. The molecule has 40 heavy (non-hydrogen) atoms. The molecule has 6 nitrogen and oxygen atoms in total. The first-order valence-corrected chi connectivity index (χ1v) is 13.9.